The van der Waals surface area contributed by atoms with Gasteiger partial charge in [-0.1, -0.05) is 59.6 Å². The minimum absolute atomic E-state index is 0.0653. The second kappa shape index (κ2) is 12.0. The molecule has 41 heavy (non-hydrogen) atoms. The number of hydrogen-bond acceptors (Lipinski definition) is 7. The van der Waals surface area contributed by atoms with E-state index < -0.39 is 17.9 Å². The Hall–Kier alpha value is -5.00. The summed E-state index contributed by atoms with van der Waals surface area (Å²) in [6, 6.07) is 18.6. The van der Waals surface area contributed by atoms with E-state index in [9.17, 15) is 14.7 Å². The summed E-state index contributed by atoms with van der Waals surface area (Å²) in [5, 5.41) is 24.3. The number of carbonyl (C=O) groups is 2. The summed E-state index contributed by atoms with van der Waals surface area (Å²) in [6.45, 7) is 0. The van der Waals surface area contributed by atoms with E-state index in [-0.39, 0.29) is 16.4 Å². The Morgan fingerprint density at radius 2 is 1.90 bits per heavy atom. The minimum atomic E-state index is -1.17. The number of amides is 1. The lowest BCUT2D eigenvalue weighted by atomic mass is 10.0. The Kier molecular flexibility index (Phi) is 8.09. The quantitative estimate of drug-likeness (QED) is 0.141. The normalized spacial score (nSPS) is 12.0. The standard InChI is InChI=1S/C28H22Cl2N8O3/c29-19-8-10-23(38-15-32-36-37-38)17(13-19)7-11-24(39)33-22(12-16-4-2-1-3-5-16)27-34-25(26(30)35-27)18-6-9-21(31)20(14-18)28(40)41/h1-11,13-15,22H,12,31H2,(H,33,39)(H,34,35)(H,40,41)/t22-/m0/s1. The van der Waals surface area contributed by atoms with Gasteiger partial charge in [-0.05, 0) is 58.8 Å². The molecule has 1 amide bonds. The van der Waals surface area contributed by atoms with Crippen LogP contribution in [0, 0.1) is 0 Å². The number of nitrogen functional groups attached to an aromatic ring is 1. The molecule has 0 unspecified atom stereocenters. The summed E-state index contributed by atoms with van der Waals surface area (Å²) in [5.41, 5.74) is 8.86. The second-order valence-corrected chi connectivity index (χ2v) is 9.75. The predicted molar refractivity (Wildman–Crippen MR) is 155 cm³/mol. The van der Waals surface area contributed by atoms with Crippen molar-refractivity contribution in [2.45, 2.75) is 12.5 Å². The van der Waals surface area contributed by atoms with Gasteiger partial charge in [0.05, 0.1) is 17.3 Å². The molecule has 0 saturated carbocycles. The van der Waals surface area contributed by atoms with E-state index >= 15 is 0 Å². The fourth-order valence-corrected chi connectivity index (χ4v) is 4.63. The summed E-state index contributed by atoms with van der Waals surface area (Å²) >= 11 is 12.7. The van der Waals surface area contributed by atoms with Gasteiger partial charge >= 0.3 is 5.97 Å². The average molecular weight is 589 g/mol. The highest BCUT2D eigenvalue weighted by Gasteiger charge is 2.22. The first-order valence-electron chi connectivity index (χ1n) is 12.2. The smallest absolute Gasteiger partial charge is 0.337 e. The summed E-state index contributed by atoms with van der Waals surface area (Å²) in [5.74, 6) is -1.18. The van der Waals surface area contributed by atoms with Crippen LogP contribution in [-0.2, 0) is 11.2 Å². The first-order valence-corrected chi connectivity index (χ1v) is 13.0. The lowest BCUT2D eigenvalue weighted by molar-refractivity contribution is -0.117. The molecule has 0 aliphatic heterocycles. The summed E-state index contributed by atoms with van der Waals surface area (Å²) in [6.07, 6.45) is 4.83. The number of halogens is 2. The molecule has 0 aliphatic rings. The van der Waals surface area contributed by atoms with Crippen molar-refractivity contribution in [3.05, 3.63) is 112 Å². The molecular formula is C28H22Cl2N8O3. The molecule has 2 aromatic heterocycles. The number of nitrogens with two attached hydrogens (primary N) is 1. The Balaban J connectivity index is 1.44. The molecule has 2 heterocycles. The fourth-order valence-electron chi connectivity index (χ4n) is 4.20. The summed E-state index contributed by atoms with van der Waals surface area (Å²) in [7, 11) is 0. The third kappa shape index (κ3) is 6.43. The van der Waals surface area contributed by atoms with Gasteiger partial charge in [0.15, 0.2) is 0 Å². The topological polar surface area (TPSA) is 165 Å². The highest BCUT2D eigenvalue weighted by molar-refractivity contribution is 6.32. The van der Waals surface area contributed by atoms with Gasteiger partial charge in [-0.3, -0.25) is 4.79 Å². The van der Waals surface area contributed by atoms with E-state index in [1.54, 1.807) is 30.3 Å². The van der Waals surface area contributed by atoms with Crippen LogP contribution in [0.15, 0.2) is 79.1 Å². The number of aromatic amines is 1. The van der Waals surface area contributed by atoms with E-state index in [0.29, 0.717) is 39.8 Å². The van der Waals surface area contributed by atoms with E-state index in [1.165, 1.54) is 29.2 Å². The molecule has 5 aromatic rings. The van der Waals surface area contributed by atoms with Gasteiger partial charge in [0.2, 0.25) is 5.91 Å². The molecule has 0 saturated heterocycles. The van der Waals surface area contributed by atoms with Crippen molar-refractivity contribution < 1.29 is 14.7 Å². The van der Waals surface area contributed by atoms with Crippen LogP contribution in [0.3, 0.4) is 0 Å². The Morgan fingerprint density at radius 1 is 1.10 bits per heavy atom. The van der Waals surface area contributed by atoms with Crippen LogP contribution in [0.2, 0.25) is 10.2 Å². The van der Waals surface area contributed by atoms with Crippen LogP contribution >= 0.6 is 23.2 Å². The third-order valence-corrected chi connectivity index (χ3v) is 6.67. The van der Waals surface area contributed by atoms with Crippen LogP contribution in [0.1, 0.15) is 33.4 Å². The zero-order chi connectivity index (χ0) is 28.9. The Labute approximate surface area is 243 Å². The Morgan fingerprint density at radius 3 is 2.63 bits per heavy atom. The van der Waals surface area contributed by atoms with Gasteiger partial charge in [-0.2, -0.15) is 4.68 Å². The van der Waals surface area contributed by atoms with Crippen molar-refractivity contribution in [3.8, 4) is 16.9 Å². The van der Waals surface area contributed by atoms with Gasteiger partial charge in [0, 0.05) is 27.9 Å². The predicted octanol–water partition coefficient (Wildman–Crippen LogP) is 4.75. The van der Waals surface area contributed by atoms with Crippen LogP contribution in [0.5, 0.6) is 0 Å². The fraction of sp³-hybridized carbons (Fsp3) is 0.0714. The van der Waals surface area contributed by atoms with Gasteiger partial charge in [0.1, 0.15) is 23.0 Å². The first kappa shape index (κ1) is 27.6. The number of hydrogen-bond donors (Lipinski definition) is 4. The second-order valence-electron chi connectivity index (χ2n) is 8.93. The molecule has 0 bridgehead atoms. The molecule has 1 atom stereocenters. The zero-order valence-electron chi connectivity index (χ0n) is 21.2. The van der Waals surface area contributed by atoms with E-state index in [0.717, 1.165) is 5.56 Å². The zero-order valence-corrected chi connectivity index (χ0v) is 22.7. The molecule has 13 heteroatoms. The summed E-state index contributed by atoms with van der Waals surface area (Å²) in [4.78, 5) is 32.4. The molecule has 206 valence electrons. The van der Waals surface area contributed by atoms with Crippen molar-refractivity contribution in [2.24, 2.45) is 0 Å². The van der Waals surface area contributed by atoms with E-state index in [4.69, 9.17) is 28.9 Å². The van der Waals surface area contributed by atoms with Crippen molar-refractivity contribution in [1.29, 1.82) is 0 Å². The number of imidazole rings is 1. The van der Waals surface area contributed by atoms with Gasteiger partial charge in [-0.15, -0.1) is 5.10 Å². The molecule has 0 fully saturated rings. The van der Waals surface area contributed by atoms with Crippen LogP contribution < -0.4 is 11.1 Å². The minimum Gasteiger partial charge on any atom is -0.478 e. The number of aromatic nitrogens is 6. The molecule has 5 N–H and O–H groups in total. The highest BCUT2D eigenvalue weighted by atomic mass is 35.5. The van der Waals surface area contributed by atoms with Crippen LogP contribution in [-0.4, -0.2) is 47.2 Å². The van der Waals surface area contributed by atoms with E-state index in [1.807, 2.05) is 30.3 Å². The number of benzene rings is 3. The van der Waals surface area contributed by atoms with Crippen LogP contribution in [0.4, 0.5) is 5.69 Å². The van der Waals surface area contributed by atoms with Gasteiger partial charge in [-0.25, -0.2) is 9.78 Å². The number of H-pyrrole nitrogens is 1. The number of carboxylic acids is 1. The maximum atomic E-state index is 13.2. The molecular weight excluding hydrogens is 567 g/mol. The average Bonchev–Trinajstić information content (AvgIpc) is 3.63. The van der Waals surface area contributed by atoms with Crippen LogP contribution in [0.25, 0.3) is 23.0 Å². The Bertz CT molecular complexity index is 1740. The maximum Gasteiger partial charge on any atom is 0.337 e. The number of nitrogens with one attached hydrogen (secondary N) is 2. The molecule has 5 rings (SSSR count). The SMILES string of the molecule is Nc1ccc(-c2nc([C@H](Cc3ccccc3)NC(=O)C=Cc3cc(Cl)ccc3-n3cnnn3)[nH]c2Cl)cc1C(=O)O. The number of aromatic carboxylic acids is 1. The molecule has 0 aliphatic carbocycles. The molecule has 0 spiro atoms. The van der Waals surface area contributed by atoms with Gasteiger partial charge < -0.3 is 21.1 Å². The molecule has 0 radical (unpaired) electrons. The number of nitrogens with zero attached hydrogens (tertiary/aromatic N) is 5. The number of rotatable bonds is 9. The molecule has 11 nitrogen and oxygen atoms in total. The lowest BCUT2D eigenvalue weighted by Gasteiger charge is -2.16. The van der Waals surface area contributed by atoms with Crippen molar-refractivity contribution >= 4 is 46.8 Å². The van der Waals surface area contributed by atoms with E-state index in [2.05, 4.69) is 30.8 Å². The summed E-state index contributed by atoms with van der Waals surface area (Å²) < 4.78 is 1.46. The van der Waals surface area contributed by atoms with Crippen molar-refractivity contribution in [1.82, 2.24) is 35.5 Å². The highest BCUT2D eigenvalue weighted by Crippen LogP contribution is 2.30. The third-order valence-electron chi connectivity index (χ3n) is 6.16. The number of carbonyl (C=O) groups excluding carboxylic acids is 1. The van der Waals surface area contributed by atoms with Crippen molar-refractivity contribution in [3.63, 3.8) is 0 Å². The number of carboxylic acid groups (broad SMARTS) is 1. The number of tetrazole rings is 1. The number of anilines is 1. The molecule has 3 aromatic carbocycles. The maximum absolute atomic E-state index is 13.2. The van der Waals surface area contributed by atoms with Gasteiger partial charge in [0.25, 0.3) is 0 Å². The largest absolute Gasteiger partial charge is 0.478 e. The lowest BCUT2D eigenvalue weighted by Crippen LogP contribution is -2.29. The van der Waals surface area contributed by atoms with Crippen molar-refractivity contribution in [2.75, 3.05) is 5.73 Å². The first-order chi connectivity index (χ1) is 19.8. The monoisotopic (exact) mass is 588 g/mol.